The van der Waals surface area contributed by atoms with Crippen LogP contribution in [-0.2, 0) is 18.3 Å². The highest BCUT2D eigenvalue weighted by molar-refractivity contribution is 5.33. The molecule has 1 saturated heterocycles. The van der Waals surface area contributed by atoms with Gasteiger partial charge >= 0.3 is 0 Å². The molecule has 1 atom stereocenters. The van der Waals surface area contributed by atoms with Gasteiger partial charge in [0.2, 0.25) is 0 Å². The molecule has 7 nitrogen and oxygen atoms in total. The van der Waals surface area contributed by atoms with Gasteiger partial charge in [-0.2, -0.15) is 5.10 Å². The summed E-state index contributed by atoms with van der Waals surface area (Å²) in [7, 11) is 1.94. The summed E-state index contributed by atoms with van der Waals surface area (Å²) in [5.74, 6) is 2.57. The van der Waals surface area contributed by atoms with Crippen molar-refractivity contribution in [1.29, 1.82) is 0 Å². The summed E-state index contributed by atoms with van der Waals surface area (Å²) in [6.07, 6.45) is 8.48. The molecule has 2 aromatic rings. The Hall–Kier alpha value is -1.99. The first-order chi connectivity index (χ1) is 11.8. The number of hydrogen-bond donors (Lipinski definition) is 1. The molecule has 0 unspecified atom stereocenters. The standard InChI is InChI=1S/C17H24N6O/c1-22-10-14(9-20-22)11-23-6-7-24-12-15(23)17-18-5-4-16(21-17)19-8-13-2-3-13/h4-5,9-10,13,15H,2-3,6-8,11-12H2,1H3,(H,18,19,21)/t15-/m0/s1. The molecule has 24 heavy (non-hydrogen) atoms. The Balaban J connectivity index is 1.47. The lowest BCUT2D eigenvalue weighted by Gasteiger charge is -2.34. The third kappa shape index (κ3) is 3.73. The van der Waals surface area contributed by atoms with Gasteiger partial charge < -0.3 is 10.1 Å². The van der Waals surface area contributed by atoms with E-state index in [-0.39, 0.29) is 6.04 Å². The lowest BCUT2D eigenvalue weighted by Crippen LogP contribution is -2.39. The summed E-state index contributed by atoms with van der Waals surface area (Å²) < 4.78 is 7.53. The van der Waals surface area contributed by atoms with E-state index in [0.717, 1.165) is 43.8 Å². The molecule has 1 saturated carbocycles. The molecule has 1 aliphatic heterocycles. The van der Waals surface area contributed by atoms with Crippen molar-refractivity contribution < 1.29 is 4.74 Å². The van der Waals surface area contributed by atoms with Gasteiger partial charge in [-0.1, -0.05) is 0 Å². The zero-order valence-corrected chi connectivity index (χ0v) is 14.1. The van der Waals surface area contributed by atoms with Crippen LogP contribution in [0.5, 0.6) is 0 Å². The Kier molecular flexibility index (Phi) is 4.44. The molecule has 1 aliphatic carbocycles. The van der Waals surface area contributed by atoms with Gasteiger partial charge in [-0.25, -0.2) is 9.97 Å². The molecule has 7 heteroatoms. The van der Waals surface area contributed by atoms with Crippen molar-refractivity contribution in [3.8, 4) is 0 Å². The average molecular weight is 328 g/mol. The van der Waals surface area contributed by atoms with E-state index in [0.29, 0.717) is 6.61 Å². The number of aryl methyl sites for hydroxylation is 1. The van der Waals surface area contributed by atoms with Gasteiger partial charge in [0.05, 0.1) is 25.5 Å². The van der Waals surface area contributed by atoms with Crippen molar-refractivity contribution in [2.45, 2.75) is 25.4 Å². The van der Waals surface area contributed by atoms with E-state index in [2.05, 4.69) is 26.5 Å². The molecule has 0 bridgehead atoms. The highest BCUT2D eigenvalue weighted by Gasteiger charge is 2.27. The van der Waals surface area contributed by atoms with E-state index >= 15 is 0 Å². The SMILES string of the molecule is Cn1cc(CN2CCOC[C@H]2c2nccc(NCC3CC3)n2)cn1. The summed E-state index contributed by atoms with van der Waals surface area (Å²) in [6.45, 7) is 4.10. The molecule has 0 radical (unpaired) electrons. The molecule has 0 amide bonds. The highest BCUT2D eigenvalue weighted by Crippen LogP contribution is 2.29. The summed E-state index contributed by atoms with van der Waals surface area (Å²) in [4.78, 5) is 11.6. The first-order valence-electron chi connectivity index (χ1n) is 8.64. The van der Waals surface area contributed by atoms with Crippen molar-refractivity contribution >= 4 is 5.82 Å². The van der Waals surface area contributed by atoms with Crippen LogP contribution in [-0.4, -0.2) is 51.0 Å². The zero-order chi connectivity index (χ0) is 16.4. The van der Waals surface area contributed by atoms with Gasteiger partial charge in [-0.15, -0.1) is 0 Å². The molecular weight excluding hydrogens is 304 g/mol. The molecule has 3 heterocycles. The zero-order valence-electron chi connectivity index (χ0n) is 14.1. The number of anilines is 1. The van der Waals surface area contributed by atoms with E-state index in [9.17, 15) is 0 Å². The quantitative estimate of drug-likeness (QED) is 0.869. The smallest absolute Gasteiger partial charge is 0.150 e. The van der Waals surface area contributed by atoms with Crippen LogP contribution >= 0.6 is 0 Å². The summed E-state index contributed by atoms with van der Waals surface area (Å²) in [5, 5.41) is 7.69. The van der Waals surface area contributed by atoms with Crippen LogP contribution in [0, 0.1) is 5.92 Å². The lowest BCUT2D eigenvalue weighted by atomic mass is 10.2. The van der Waals surface area contributed by atoms with E-state index in [1.54, 1.807) is 0 Å². The fraction of sp³-hybridized carbons (Fsp3) is 0.588. The van der Waals surface area contributed by atoms with E-state index in [1.165, 1.54) is 18.4 Å². The van der Waals surface area contributed by atoms with Crippen LogP contribution in [0.25, 0.3) is 0 Å². The number of aromatic nitrogens is 4. The molecule has 0 aromatic carbocycles. The largest absolute Gasteiger partial charge is 0.378 e. The van der Waals surface area contributed by atoms with E-state index in [4.69, 9.17) is 9.72 Å². The molecule has 2 aliphatic rings. The molecule has 2 aromatic heterocycles. The molecule has 1 N–H and O–H groups in total. The van der Waals surface area contributed by atoms with Crippen molar-refractivity contribution in [3.05, 3.63) is 36.0 Å². The van der Waals surface area contributed by atoms with Crippen molar-refractivity contribution in [2.75, 3.05) is 31.6 Å². The normalized spacial score (nSPS) is 21.8. The average Bonchev–Trinajstić information content (AvgIpc) is 3.35. The van der Waals surface area contributed by atoms with Crippen LogP contribution in [0.1, 0.15) is 30.3 Å². The molecule has 128 valence electrons. The van der Waals surface area contributed by atoms with Crippen molar-refractivity contribution in [1.82, 2.24) is 24.6 Å². The van der Waals surface area contributed by atoms with Gasteiger partial charge in [0.25, 0.3) is 0 Å². The minimum absolute atomic E-state index is 0.0848. The first-order valence-corrected chi connectivity index (χ1v) is 8.64. The third-order valence-electron chi connectivity index (χ3n) is 4.62. The molecule has 4 rings (SSSR count). The van der Waals surface area contributed by atoms with E-state index in [1.807, 2.05) is 30.2 Å². The van der Waals surface area contributed by atoms with Crippen LogP contribution < -0.4 is 5.32 Å². The van der Waals surface area contributed by atoms with Gasteiger partial charge in [-0.3, -0.25) is 9.58 Å². The Bertz CT molecular complexity index is 683. The number of nitrogens with one attached hydrogen (secondary N) is 1. The second kappa shape index (κ2) is 6.86. The van der Waals surface area contributed by atoms with Gasteiger partial charge in [0.1, 0.15) is 11.6 Å². The Labute approximate surface area is 142 Å². The first kappa shape index (κ1) is 15.5. The summed E-state index contributed by atoms with van der Waals surface area (Å²) in [5.41, 5.74) is 1.20. The van der Waals surface area contributed by atoms with Crippen LogP contribution in [0.15, 0.2) is 24.7 Å². The maximum atomic E-state index is 5.69. The number of ether oxygens (including phenoxy) is 1. The van der Waals surface area contributed by atoms with Crippen molar-refractivity contribution in [3.63, 3.8) is 0 Å². The van der Waals surface area contributed by atoms with Gasteiger partial charge in [0.15, 0.2) is 0 Å². The molecular formula is C17H24N6O. The number of hydrogen-bond acceptors (Lipinski definition) is 6. The molecule has 2 fully saturated rings. The third-order valence-corrected chi connectivity index (χ3v) is 4.62. The minimum Gasteiger partial charge on any atom is -0.378 e. The maximum Gasteiger partial charge on any atom is 0.150 e. The predicted molar refractivity (Wildman–Crippen MR) is 90.4 cm³/mol. The molecule has 0 spiro atoms. The second-order valence-electron chi connectivity index (χ2n) is 6.71. The van der Waals surface area contributed by atoms with Crippen LogP contribution in [0.4, 0.5) is 5.82 Å². The monoisotopic (exact) mass is 328 g/mol. The van der Waals surface area contributed by atoms with Gasteiger partial charge in [-0.05, 0) is 24.8 Å². The number of rotatable bonds is 6. The van der Waals surface area contributed by atoms with Crippen LogP contribution in [0.2, 0.25) is 0 Å². The summed E-state index contributed by atoms with van der Waals surface area (Å²) >= 11 is 0. The maximum absolute atomic E-state index is 5.69. The fourth-order valence-corrected chi connectivity index (χ4v) is 3.06. The van der Waals surface area contributed by atoms with Crippen LogP contribution in [0.3, 0.4) is 0 Å². The topological polar surface area (TPSA) is 68.1 Å². The Morgan fingerprint density at radius 2 is 2.29 bits per heavy atom. The van der Waals surface area contributed by atoms with Gasteiger partial charge in [0, 0.05) is 44.6 Å². The lowest BCUT2D eigenvalue weighted by molar-refractivity contribution is -0.0159. The Morgan fingerprint density at radius 3 is 3.08 bits per heavy atom. The van der Waals surface area contributed by atoms with E-state index < -0.39 is 0 Å². The predicted octanol–water partition coefficient (Wildman–Crippen LogP) is 1.61. The number of nitrogens with zero attached hydrogens (tertiary/aromatic N) is 5. The fourth-order valence-electron chi connectivity index (χ4n) is 3.06. The minimum atomic E-state index is 0.0848. The van der Waals surface area contributed by atoms with Crippen molar-refractivity contribution in [2.24, 2.45) is 13.0 Å². The second-order valence-corrected chi connectivity index (χ2v) is 6.71. The highest BCUT2D eigenvalue weighted by atomic mass is 16.5. The summed E-state index contributed by atoms with van der Waals surface area (Å²) in [6, 6.07) is 2.03. The Morgan fingerprint density at radius 1 is 1.38 bits per heavy atom. The number of morpholine rings is 1.